The summed E-state index contributed by atoms with van der Waals surface area (Å²) >= 11 is 0. The van der Waals surface area contributed by atoms with E-state index < -0.39 is 0 Å². The van der Waals surface area contributed by atoms with Crippen molar-refractivity contribution < 1.29 is 4.79 Å². The summed E-state index contributed by atoms with van der Waals surface area (Å²) in [4.78, 5) is 11.4. The van der Waals surface area contributed by atoms with Gasteiger partial charge in [-0.05, 0) is 34.6 Å². The van der Waals surface area contributed by atoms with Crippen molar-refractivity contribution in [2.24, 2.45) is 0 Å². The van der Waals surface area contributed by atoms with Crippen molar-refractivity contribution in [3.8, 4) is 0 Å². The largest absolute Gasteiger partial charge is 0.354 e. The molecule has 108 valence electrons. The summed E-state index contributed by atoms with van der Waals surface area (Å²) in [6, 6.07) is 0.194. The van der Waals surface area contributed by atoms with E-state index in [9.17, 15) is 4.79 Å². The molecule has 19 heavy (non-hydrogen) atoms. The van der Waals surface area contributed by atoms with Crippen molar-refractivity contribution in [1.82, 2.24) is 25.6 Å². The van der Waals surface area contributed by atoms with E-state index in [1.807, 2.05) is 24.7 Å². The van der Waals surface area contributed by atoms with Gasteiger partial charge in [0.05, 0.1) is 17.4 Å². The summed E-state index contributed by atoms with van der Waals surface area (Å²) in [7, 11) is 0. The Morgan fingerprint density at radius 1 is 1.42 bits per heavy atom. The van der Waals surface area contributed by atoms with Gasteiger partial charge in [-0.15, -0.1) is 5.10 Å². The molecule has 0 spiro atoms. The van der Waals surface area contributed by atoms with E-state index in [1.54, 1.807) is 0 Å². The van der Waals surface area contributed by atoms with Gasteiger partial charge in [0.25, 0.3) is 0 Å². The van der Waals surface area contributed by atoms with Crippen LogP contribution < -0.4 is 10.6 Å². The smallest absolute Gasteiger partial charge is 0.221 e. The van der Waals surface area contributed by atoms with Gasteiger partial charge in [-0.25, -0.2) is 4.68 Å². The number of nitrogens with zero attached hydrogens (tertiary/aromatic N) is 3. The quantitative estimate of drug-likeness (QED) is 0.755. The van der Waals surface area contributed by atoms with E-state index in [1.165, 1.54) is 0 Å². The van der Waals surface area contributed by atoms with E-state index in [-0.39, 0.29) is 17.5 Å². The van der Waals surface area contributed by atoms with Gasteiger partial charge in [0.15, 0.2) is 0 Å². The molecule has 6 heteroatoms. The standard InChI is InChI=1S/C13H25N5O/c1-10(2)15-12(19)6-7-14-8-11-9-18(17-16-11)13(3,4)5/h9-10,14H,6-8H2,1-5H3,(H,15,19). The Labute approximate surface area is 115 Å². The van der Waals surface area contributed by atoms with Crippen molar-refractivity contribution >= 4 is 5.91 Å². The van der Waals surface area contributed by atoms with Gasteiger partial charge in [0.2, 0.25) is 5.91 Å². The number of hydrogen-bond donors (Lipinski definition) is 2. The molecule has 1 heterocycles. The van der Waals surface area contributed by atoms with E-state index in [0.717, 1.165) is 5.69 Å². The Kier molecular flexibility index (Phi) is 5.47. The average molecular weight is 267 g/mol. The molecule has 0 aromatic carbocycles. The molecule has 0 radical (unpaired) electrons. The van der Waals surface area contributed by atoms with Crippen LogP contribution in [0.15, 0.2) is 6.20 Å². The number of aromatic nitrogens is 3. The van der Waals surface area contributed by atoms with Gasteiger partial charge in [-0.1, -0.05) is 5.21 Å². The molecule has 0 aliphatic carbocycles. The lowest BCUT2D eigenvalue weighted by molar-refractivity contribution is -0.121. The summed E-state index contributed by atoms with van der Waals surface area (Å²) in [5.74, 6) is 0.0702. The van der Waals surface area contributed by atoms with E-state index in [2.05, 4.69) is 41.7 Å². The Hall–Kier alpha value is -1.43. The summed E-state index contributed by atoms with van der Waals surface area (Å²) < 4.78 is 1.84. The summed E-state index contributed by atoms with van der Waals surface area (Å²) in [5.41, 5.74) is 0.835. The molecule has 1 aromatic rings. The zero-order valence-corrected chi connectivity index (χ0v) is 12.5. The van der Waals surface area contributed by atoms with Crippen LogP contribution in [0, 0.1) is 0 Å². The number of hydrogen-bond acceptors (Lipinski definition) is 4. The lowest BCUT2D eigenvalue weighted by Crippen LogP contribution is -2.32. The fourth-order valence-electron chi connectivity index (χ4n) is 1.52. The second-order valence-corrected chi connectivity index (χ2v) is 5.97. The molecule has 1 aromatic heterocycles. The van der Waals surface area contributed by atoms with Crippen LogP contribution in [0.1, 0.15) is 46.7 Å². The summed E-state index contributed by atoms with van der Waals surface area (Å²) in [6.45, 7) is 11.4. The first kappa shape index (κ1) is 15.6. The lowest BCUT2D eigenvalue weighted by atomic mass is 10.1. The highest BCUT2D eigenvalue weighted by Crippen LogP contribution is 2.11. The minimum Gasteiger partial charge on any atom is -0.354 e. The molecule has 6 nitrogen and oxygen atoms in total. The zero-order valence-electron chi connectivity index (χ0n) is 12.5. The molecule has 0 atom stereocenters. The molecule has 0 unspecified atom stereocenters. The van der Waals surface area contributed by atoms with Crippen LogP contribution in [0.25, 0.3) is 0 Å². The minimum absolute atomic E-state index is 0.0532. The molecule has 0 fully saturated rings. The van der Waals surface area contributed by atoms with Crippen LogP contribution in [-0.4, -0.2) is 33.5 Å². The summed E-state index contributed by atoms with van der Waals surface area (Å²) in [5, 5.41) is 14.2. The normalized spacial score (nSPS) is 11.9. The van der Waals surface area contributed by atoms with Gasteiger partial charge in [-0.2, -0.15) is 0 Å². The van der Waals surface area contributed by atoms with E-state index in [4.69, 9.17) is 0 Å². The van der Waals surface area contributed by atoms with Gasteiger partial charge in [-0.3, -0.25) is 4.79 Å². The second-order valence-electron chi connectivity index (χ2n) is 5.97. The number of amides is 1. The minimum atomic E-state index is -0.0532. The second kappa shape index (κ2) is 6.65. The monoisotopic (exact) mass is 267 g/mol. The first-order valence-electron chi connectivity index (χ1n) is 6.71. The third-order valence-corrected chi connectivity index (χ3v) is 2.51. The third kappa shape index (κ3) is 5.83. The van der Waals surface area contributed by atoms with Crippen LogP contribution in [0.2, 0.25) is 0 Å². The van der Waals surface area contributed by atoms with Crippen molar-refractivity contribution in [3.63, 3.8) is 0 Å². The Morgan fingerprint density at radius 3 is 2.63 bits per heavy atom. The van der Waals surface area contributed by atoms with Crippen LogP contribution in [0.3, 0.4) is 0 Å². The van der Waals surface area contributed by atoms with Crippen molar-refractivity contribution in [2.75, 3.05) is 6.54 Å². The van der Waals surface area contributed by atoms with E-state index >= 15 is 0 Å². The van der Waals surface area contributed by atoms with Crippen LogP contribution in [-0.2, 0) is 16.9 Å². The topological polar surface area (TPSA) is 71.8 Å². The molecule has 0 aliphatic rings. The molecular formula is C13H25N5O. The van der Waals surface area contributed by atoms with Gasteiger partial charge < -0.3 is 10.6 Å². The highest BCUT2D eigenvalue weighted by atomic mass is 16.1. The predicted octanol–water partition coefficient (Wildman–Crippen LogP) is 1.04. The lowest BCUT2D eigenvalue weighted by Gasteiger charge is -2.17. The zero-order chi connectivity index (χ0) is 14.5. The molecule has 0 saturated carbocycles. The van der Waals surface area contributed by atoms with Crippen LogP contribution >= 0.6 is 0 Å². The number of carbonyl (C=O) groups is 1. The van der Waals surface area contributed by atoms with Gasteiger partial charge >= 0.3 is 0 Å². The molecule has 0 bridgehead atoms. The molecular weight excluding hydrogens is 242 g/mol. The first-order chi connectivity index (χ1) is 8.79. The van der Waals surface area contributed by atoms with Crippen LogP contribution in [0.5, 0.6) is 0 Å². The third-order valence-electron chi connectivity index (χ3n) is 2.51. The Balaban J connectivity index is 2.27. The molecule has 1 rings (SSSR count). The molecule has 0 aliphatic heterocycles. The maximum absolute atomic E-state index is 11.4. The fraction of sp³-hybridized carbons (Fsp3) is 0.769. The first-order valence-corrected chi connectivity index (χ1v) is 6.71. The highest BCUT2D eigenvalue weighted by Gasteiger charge is 2.14. The number of nitrogens with one attached hydrogen (secondary N) is 2. The SMILES string of the molecule is CC(C)NC(=O)CCNCc1cn(C(C)(C)C)nn1. The maximum Gasteiger partial charge on any atom is 0.221 e. The summed E-state index contributed by atoms with van der Waals surface area (Å²) in [6.07, 6.45) is 2.41. The number of rotatable bonds is 6. The van der Waals surface area contributed by atoms with Gasteiger partial charge in [0, 0.05) is 25.6 Å². The number of carbonyl (C=O) groups excluding carboxylic acids is 1. The molecule has 0 saturated heterocycles. The highest BCUT2D eigenvalue weighted by molar-refractivity contribution is 5.76. The average Bonchev–Trinajstić information content (AvgIpc) is 2.71. The van der Waals surface area contributed by atoms with Crippen molar-refractivity contribution in [2.45, 2.75) is 59.2 Å². The van der Waals surface area contributed by atoms with Crippen LogP contribution in [0.4, 0.5) is 0 Å². The van der Waals surface area contributed by atoms with Crippen molar-refractivity contribution in [3.05, 3.63) is 11.9 Å². The van der Waals surface area contributed by atoms with Gasteiger partial charge in [0.1, 0.15) is 0 Å². The Morgan fingerprint density at radius 2 is 2.11 bits per heavy atom. The van der Waals surface area contributed by atoms with Crippen molar-refractivity contribution in [1.29, 1.82) is 0 Å². The Bertz CT molecular complexity index is 405. The molecule has 2 N–H and O–H groups in total. The van der Waals surface area contributed by atoms with E-state index in [0.29, 0.717) is 19.5 Å². The maximum atomic E-state index is 11.4. The predicted molar refractivity (Wildman–Crippen MR) is 74.6 cm³/mol. The fourth-order valence-corrected chi connectivity index (χ4v) is 1.52. The molecule has 1 amide bonds.